The zero-order valence-electron chi connectivity index (χ0n) is 13.6. The Hall–Kier alpha value is -1.00. The SMILES string of the molecule is CCCNC(CN(C)C(C)CCC)c1cccc(F)c1F. The zero-order valence-corrected chi connectivity index (χ0v) is 13.6. The van der Waals surface area contributed by atoms with E-state index in [9.17, 15) is 8.78 Å². The van der Waals surface area contributed by atoms with Crippen LogP contribution in [-0.4, -0.2) is 31.1 Å². The first kappa shape index (κ1) is 18.1. The molecule has 1 aromatic rings. The molecule has 1 N–H and O–H groups in total. The van der Waals surface area contributed by atoms with E-state index in [4.69, 9.17) is 0 Å². The van der Waals surface area contributed by atoms with Crippen LogP contribution in [0.4, 0.5) is 8.78 Å². The smallest absolute Gasteiger partial charge is 0.163 e. The van der Waals surface area contributed by atoms with Crippen molar-refractivity contribution in [1.82, 2.24) is 10.2 Å². The van der Waals surface area contributed by atoms with Crippen LogP contribution >= 0.6 is 0 Å². The highest BCUT2D eigenvalue weighted by Crippen LogP contribution is 2.21. The summed E-state index contributed by atoms with van der Waals surface area (Å²) >= 11 is 0. The normalized spacial score (nSPS) is 14.4. The van der Waals surface area contributed by atoms with Crippen LogP contribution in [0.1, 0.15) is 51.6 Å². The summed E-state index contributed by atoms with van der Waals surface area (Å²) < 4.78 is 27.5. The van der Waals surface area contributed by atoms with Crippen LogP contribution < -0.4 is 5.32 Å². The summed E-state index contributed by atoms with van der Waals surface area (Å²) in [6.45, 7) is 7.85. The molecule has 0 heterocycles. The molecule has 2 nitrogen and oxygen atoms in total. The standard InChI is InChI=1S/C17H28F2N2/c1-5-8-13(3)21(4)12-16(20-11-6-2)14-9-7-10-15(18)17(14)19/h7,9-10,13,16,20H,5-6,8,11-12H2,1-4H3. The maximum absolute atomic E-state index is 14.0. The molecule has 0 bridgehead atoms. The Morgan fingerprint density at radius 3 is 2.52 bits per heavy atom. The van der Waals surface area contributed by atoms with Crippen molar-refractivity contribution in [3.05, 3.63) is 35.4 Å². The van der Waals surface area contributed by atoms with Crippen molar-refractivity contribution in [2.45, 2.75) is 52.1 Å². The molecule has 21 heavy (non-hydrogen) atoms. The quantitative estimate of drug-likeness (QED) is 0.737. The molecule has 2 unspecified atom stereocenters. The van der Waals surface area contributed by atoms with E-state index in [0.29, 0.717) is 18.2 Å². The van der Waals surface area contributed by atoms with Gasteiger partial charge in [-0.2, -0.15) is 0 Å². The number of nitrogens with one attached hydrogen (secondary N) is 1. The second-order valence-corrected chi connectivity index (χ2v) is 5.73. The van der Waals surface area contributed by atoms with E-state index in [1.807, 2.05) is 7.05 Å². The van der Waals surface area contributed by atoms with Gasteiger partial charge in [0.05, 0.1) is 0 Å². The lowest BCUT2D eigenvalue weighted by Gasteiger charge is -2.30. The number of benzene rings is 1. The van der Waals surface area contributed by atoms with Crippen LogP contribution in [0.3, 0.4) is 0 Å². The first-order chi connectivity index (χ1) is 10.0. The van der Waals surface area contributed by atoms with Crippen LogP contribution in [0.25, 0.3) is 0 Å². The van der Waals surface area contributed by atoms with Crippen molar-refractivity contribution in [1.29, 1.82) is 0 Å². The molecule has 0 aromatic heterocycles. The van der Waals surface area contributed by atoms with Crippen LogP contribution in [-0.2, 0) is 0 Å². The molecule has 0 radical (unpaired) electrons. The first-order valence-corrected chi connectivity index (χ1v) is 7.88. The van der Waals surface area contributed by atoms with E-state index in [1.165, 1.54) is 6.07 Å². The Bertz CT molecular complexity index is 423. The predicted octanol–water partition coefficient (Wildman–Crippen LogP) is 4.13. The second-order valence-electron chi connectivity index (χ2n) is 5.73. The summed E-state index contributed by atoms with van der Waals surface area (Å²) in [7, 11) is 2.04. The van der Waals surface area contributed by atoms with Gasteiger partial charge in [0.15, 0.2) is 11.6 Å². The minimum absolute atomic E-state index is 0.190. The number of likely N-dealkylation sites (N-methyl/N-ethyl adjacent to an activating group) is 1. The summed E-state index contributed by atoms with van der Waals surface area (Å²) in [5.41, 5.74) is 0.416. The predicted molar refractivity (Wildman–Crippen MR) is 84.4 cm³/mol. The van der Waals surface area contributed by atoms with Gasteiger partial charge in [-0.3, -0.25) is 0 Å². The molecule has 0 fully saturated rings. The highest BCUT2D eigenvalue weighted by Gasteiger charge is 2.21. The summed E-state index contributed by atoms with van der Waals surface area (Å²) in [6.07, 6.45) is 3.18. The van der Waals surface area contributed by atoms with E-state index in [0.717, 1.165) is 25.8 Å². The zero-order chi connectivity index (χ0) is 15.8. The maximum Gasteiger partial charge on any atom is 0.163 e. The first-order valence-electron chi connectivity index (χ1n) is 7.88. The third kappa shape index (κ3) is 5.36. The molecular formula is C17H28F2N2. The molecular weight excluding hydrogens is 270 g/mol. The number of rotatable bonds is 9. The van der Waals surface area contributed by atoms with E-state index in [1.54, 1.807) is 12.1 Å². The van der Waals surface area contributed by atoms with Crippen molar-refractivity contribution in [2.24, 2.45) is 0 Å². The van der Waals surface area contributed by atoms with Crippen molar-refractivity contribution in [3.63, 3.8) is 0 Å². The third-order valence-corrected chi connectivity index (χ3v) is 3.93. The lowest BCUT2D eigenvalue weighted by molar-refractivity contribution is 0.216. The highest BCUT2D eigenvalue weighted by molar-refractivity contribution is 5.23. The molecule has 1 aromatic carbocycles. The Kier molecular flexibility index (Phi) is 7.83. The van der Waals surface area contributed by atoms with Gasteiger partial charge in [-0.25, -0.2) is 8.78 Å². The van der Waals surface area contributed by atoms with Crippen molar-refractivity contribution < 1.29 is 8.78 Å². The fourth-order valence-corrected chi connectivity index (χ4v) is 2.49. The van der Waals surface area contributed by atoms with Gasteiger partial charge in [-0.05, 0) is 39.4 Å². The van der Waals surface area contributed by atoms with Gasteiger partial charge >= 0.3 is 0 Å². The van der Waals surface area contributed by atoms with Gasteiger partial charge in [0.25, 0.3) is 0 Å². The fourth-order valence-electron chi connectivity index (χ4n) is 2.49. The highest BCUT2D eigenvalue weighted by atomic mass is 19.2. The van der Waals surface area contributed by atoms with Gasteiger partial charge in [-0.1, -0.05) is 32.4 Å². The number of hydrogen-bond donors (Lipinski definition) is 1. The van der Waals surface area contributed by atoms with Crippen LogP contribution in [0, 0.1) is 11.6 Å². The van der Waals surface area contributed by atoms with Crippen molar-refractivity contribution in [3.8, 4) is 0 Å². The van der Waals surface area contributed by atoms with E-state index in [2.05, 4.69) is 31.0 Å². The molecule has 4 heteroatoms. The second kappa shape index (κ2) is 9.11. The van der Waals surface area contributed by atoms with Gasteiger partial charge in [0.1, 0.15) is 0 Å². The Morgan fingerprint density at radius 2 is 1.90 bits per heavy atom. The molecule has 0 saturated carbocycles. The number of nitrogens with zero attached hydrogens (tertiary/aromatic N) is 1. The average molecular weight is 298 g/mol. The van der Waals surface area contributed by atoms with Gasteiger partial charge in [0, 0.05) is 24.2 Å². The number of hydrogen-bond acceptors (Lipinski definition) is 2. The van der Waals surface area contributed by atoms with E-state index < -0.39 is 11.6 Å². The molecule has 120 valence electrons. The Morgan fingerprint density at radius 1 is 1.19 bits per heavy atom. The summed E-state index contributed by atoms with van der Waals surface area (Å²) in [6, 6.07) is 4.65. The minimum atomic E-state index is -0.778. The lowest BCUT2D eigenvalue weighted by atomic mass is 10.0. The van der Waals surface area contributed by atoms with Crippen molar-refractivity contribution in [2.75, 3.05) is 20.1 Å². The molecule has 0 saturated heterocycles. The minimum Gasteiger partial charge on any atom is -0.309 e. The molecule has 2 atom stereocenters. The Balaban J connectivity index is 2.87. The fraction of sp³-hybridized carbons (Fsp3) is 0.647. The van der Waals surface area contributed by atoms with E-state index >= 15 is 0 Å². The average Bonchev–Trinajstić information content (AvgIpc) is 2.46. The number of halogens is 2. The van der Waals surface area contributed by atoms with Gasteiger partial charge < -0.3 is 10.2 Å². The van der Waals surface area contributed by atoms with Gasteiger partial charge in [-0.15, -0.1) is 0 Å². The molecule has 0 aliphatic heterocycles. The summed E-state index contributed by atoms with van der Waals surface area (Å²) in [4.78, 5) is 2.21. The monoisotopic (exact) mass is 298 g/mol. The molecule has 0 aliphatic carbocycles. The molecule has 0 aliphatic rings. The van der Waals surface area contributed by atoms with E-state index in [-0.39, 0.29) is 6.04 Å². The largest absolute Gasteiger partial charge is 0.309 e. The Labute approximate surface area is 127 Å². The molecule has 0 amide bonds. The van der Waals surface area contributed by atoms with Crippen LogP contribution in [0.5, 0.6) is 0 Å². The summed E-state index contributed by atoms with van der Waals surface area (Å²) in [5.74, 6) is -1.51. The van der Waals surface area contributed by atoms with Gasteiger partial charge in [0.2, 0.25) is 0 Å². The molecule has 0 spiro atoms. The topological polar surface area (TPSA) is 15.3 Å². The van der Waals surface area contributed by atoms with Crippen LogP contribution in [0.15, 0.2) is 18.2 Å². The van der Waals surface area contributed by atoms with Crippen LogP contribution in [0.2, 0.25) is 0 Å². The summed E-state index contributed by atoms with van der Waals surface area (Å²) in [5, 5.41) is 3.33. The third-order valence-electron chi connectivity index (χ3n) is 3.93. The molecule has 1 rings (SSSR count). The van der Waals surface area contributed by atoms with Crippen molar-refractivity contribution >= 4 is 0 Å². The lowest BCUT2D eigenvalue weighted by Crippen LogP contribution is -2.38. The maximum atomic E-state index is 14.0.